The zero-order valence-corrected chi connectivity index (χ0v) is 16.2. The van der Waals surface area contributed by atoms with Crippen molar-refractivity contribution in [3.63, 3.8) is 0 Å². The summed E-state index contributed by atoms with van der Waals surface area (Å²) in [5.41, 5.74) is 6.89. The number of alkyl halides is 3. The van der Waals surface area contributed by atoms with Crippen molar-refractivity contribution in [3.05, 3.63) is 45.9 Å². The van der Waals surface area contributed by atoms with Gasteiger partial charge in [-0.05, 0) is 30.0 Å². The molecule has 3 unspecified atom stereocenters. The number of amides is 1. The molecule has 0 saturated carbocycles. The van der Waals surface area contributed by atoms with Crippen molar-refractivity contribution in [2.24, 2.45) is 11.7 Å². The van der Waals surface area contributed by atoms with Crippen molar-refractivity contribution < 1.29 is 27.8 Å². The molecule has 0 aliphatic rings. The Morgan fingerprint density at radius 2 is 2.00 bits per heavy atom. The van der Waals surface area contributed by atoms with Crippen LogP contribution in [0.4, 0.5) is 13.2 Å². The fourth-order valence-electron chi connectivity index (χ4n) is 2.51. The van der Waals surface area contributed by atoms with Crippen molar-refractivity contribution in [1.29, 1.82) is 0 Å². The Kier molecular flexibility index (Phi) is 7.39. The average Bonchev–Trinajstić information content (AvgIpc) is 3.16. The maximum atomic E-state index is 12.7. The first-order chi connectivity index (χ1) is 13.1. The molecule has 0 saturated heterocycles. The largest absolute Gasteiger partial charge is 0.484 e. The van der Waals surface area contributed by atoms with Gasteiger partial charge in [-0.15, -0.1) is 11.3 Å². The van der Waals surface area contributed by atoms with Gasteiger partial charge in [0.25, 0.3) is 5.91 Å². The highest BCUT2D eigenvalue weighted by Crippen LogP contribution is 2.34. The molecule has 1 amide bonds. The molecule has 0 fully saturated rings. The first-order valence-electron chi connectivity index (χ1n) is 8.50. The van der Waals surface area contributed by atoms with Gasteiger partial charge in [0.1, 0.15) is 11.9 Å². The smallest absolute Gasteiger partial charge is 0.443 e. The van der Waals surface area contributed by atoms with Gasteiger partial charge in [0.2, 0.25) is 0 Å². The topological polar surface area (TPSA) is 97.5 Å². The van der Waals surface area contributed by atoms with Crippen molar-refractivity contribution in [1.82, 2.24) is 10.3 Å². The summed E-state index contributed by atoms with van der Waals surface area (Å²) < 4.78 is 43.3. The van der Waals surface area contributed by atoms with Crippen molar-refractivity contribution in [2.45, 2.75) is 31.7 Å². The molecule has 2 rings (SSSR count). The van der Waals surface area contributed by atoms with Gasteiger partial charge >= 0.3 is 6.18 Å². The second kappa shape index (κ2) is 9.35. The lowest BCUT2D eigenvalue weighted by molar-refractivity contribution is -0.137. The summed E-state index contributed by atoms with van der Waals surface area (Å²) in [5, 5.41) is 12.9. The van der Waals surface area contributed by atoms with Crippen LogP contribution in [-0.2, 0) is 17.4 Å². The number of hydrogen-bond donors (Lipinski definition) is 3. The fourth-order valence-corrected chi connectivity index (χ4v) is 3.23. The van der Waals surface area contributed by atoms with E-state index in [1.165, 1.54) is 12.4 Å². The molecule has 6 nitrogen and oxygen atoms in total. The van der Waals surface area contributed by atoms with Gasteiger partial charge in [0, 0.05) is 18.5 Å². The number of nitrogens with zero attached hydrogens (tertiary/aromatic N) is 1. The number of aliphatic hydroxyl groups is 1. The van der Waals surface area contributed by atoms with E-state index in [-0.39, 0.29) is 24.1 Å². The first-order valence-corrected chi connectivity index (χ1v) is 9.38. The van der Waals surface area contributed by atoms with Gasteiger partial charge < -0.3 is 20.9 Å². The minimum Gasteiger partial charge on any atom is -0.484 e. The predicted molar refractivity (Wildman–Crippen MR) is 98.9 cm³/mol. The van der Waals surface area contributed by atoms with Crippen LogP contribution in [0.3, 0.4) is 0 Å². The quantitative estimate of drug-likeness (QED) is 0.613. The Balaban J connectivity index is 1.95. The zero-order valence-electron chi connectivity index (χ0n) is 15.4. The summed E-state index contributed by atoms with van der Waals surface area (Å²) in [4.78, 5) is 14.6. The van der Waals surface area contributed by atoms with E-state index in [1.54, 1.807) is 31.2 Å². The molecule has 28 heavy (non-hydrogen) atoms. The normalized spacial score (nSPS) is 15.0. The Morgan fingerprint density at radius 3 is 2.54 bits per heavy atom. The molecule has 0 bridgehead atoms. The predicted octanol–water partition coefficient (Wildman–Crippen LogP) is 2.53. The monoisotopic (exact) mass is 417 g/mol. The van der Waals surface area contributed by atoms with E-state index in [4.69, 9.17) is 10.5 Å². The molecule has 0 spiro atoms. The number of rotatable bonds is 8. The average molecular weight is 417 g/mol. The molecular formula is C18H22F3N3O3S. The van der Waals surface area contributed by atoms with Gasteiger partial charge in [-0.2, -0.15) is 13.2 Å². The van der Waals surface area contributed by atoms with Crippen LogP contribution < -0.4 is 15.8 Å². The summed E-state index contributed by atoms with van der Waals surface area (Å²) in [5.74, 6) is 0.0727. The van der Waals surface area contributed by atoms with Crippen molar-refractivity contribution in [2.75, 3.05) is 13.7 Å². The van der Waals surface area contributed by atoms with Gasteiger partial charge in [0.15, 0.2) is 11.6 Å². The SMILES string of the molecule is CNC(=O)COc1ccc(CC(C)C(N)C(O)c2csc(C(F)(F)F)n2)cc1. The standard InChI is InChI=1S/C18H22F3N3O3S/c1-10(7-11-3-5-12(6-4-11)27-8-14(25)23-2)15(22)16(26)13-9-28-17(24-13)18(19,20)21/h3-6,9-10,15-16,26H,7-8,22H2,1-2H3,(H,23,25). The van der Waals surface area contributed by atoms with Crippen molar-refractivity contribution in [3.8, 4) is 5.75 Å². The molecule has 1 aromatic carbocycles. The zero-order chi connectivity index (χ0) is 20.9. The van der Waals surface area contributed by atoms with Crippen LogP contribution in [0.5, 0.6) is 5.75 Å². The van der Waals surface area contributed by atoms with E-state index in [0.717, 1.165) is 5.56 Å². The molecule has 10 heteroatoms. The highest BCUT2D eigenvalue weighted by atomic mass is 32.1. The summed E-state index contributed by atoms with van der Waals surface area (Å²) in [6.45, 7) is 1.72. The van der Waals surface area contributed by atoms with E-state index in [2.05, 4.69) is 10.3 Å². The first kappa shape index (κ1) is 22.1. The summed E-state index contributed by atoms with van der Waals surface area (Å²) in [7, 11) is 1.52. The van der Waals surface area contributed by atoms with Crippen LogP contribution in [0, 0.1) is 5.92 Å². The minimum atomic E-state index is -4.54. The maximum Gasteiger partial charge on any atom is 0.443 e. The van der Waals surface area contributed by atoms with E-state index in [9.17, 15) is 23.1 Å². The number of halogens is 3. The minimum absolute atomic E-state index is 0.0744. The Labute approximate surface area is 164 Å². The maximum absolute atomic E-state index is 12.7. The molecule has 1 aromatic heterocycles. The van der Waals surface area contributed by atoms with E-state index >= 15 is 0 Å². The Morgan fingerprint density at radius 1 is 1.36 bits per heavy atom. The molecule has 0 aliphatic carbocycles. The number of thiazole rings is 1. The summed E-state index contributed by atoms with van der Waals surface area (Å²) in [6.07, 6.45) is -5.33. The van der Waals surface area contributed by atoms with Gasteiger partial charge in [-0.25, -0.2) is 4.98 Å². The molecule has 154 valence electrons. The number of ether oxygens (including phenoxy) is 1. The number of likely N-dealkylation sites (N-methyl/N-ethyl adjacent to an activating group) is 1. The summed E-state index contributed by atoms with van der Waals surface area (Å²) >= 11 is 0.434. The third kappa shape index (κ3) is 5.91. The highest BCUT2D eigenvalue weighted by molar-refractivity contribution is 7.09. The number of aromatic nitrogens is 1. The number of carbonyl (C=O) groups excluding carboxylic acids is 1. The number of aliphatic hydroxyl groups excluding tert-OH is 1. The number of carbonyl (C=O) groups is 1. The molecule has 2 aromatic rings. The van der Waals surface area contributed by atoms with Crippen LogP contribution in [-0.4, -0.2) is 35.7 Å². The number of hydrogen-bond acceptors (Lipinski definition) is 6. The molecule has 0 radical (unpaired) electrons. The summed E-state index contributed by atoms with van der Waals surface area (Å²) in [6, 6.07) is 6.25. The third-order valence-corrected chi connectivity index (χ3v) is 5.12. The van der Waals surface area contributed by atoms with Gasteiger partial charge in [-0.1, -0.05) is 19.1 Å². The highest BCUT2D eigenvalue weighted by Gasteiger charge is 2.36. The van der Waals surface area contributed by atoms with Crippen LogP contribution in [0.1, 0.15) is 29.3 Å². The van der Waals surface area contributed by atoms with Crippen LogP contribution in [0.2, 0.25) is 0 Å². The second-order valence-electron chi connectivity index (χ2n) is 6.38. The van der Waals surface area contributed by atoms with Gasteiger partial charge in [0.05, 0.1) is 5.69 Å². The number of benzene rings is 1. The van der Waals surface area contributed by atoms with Crippen LogP contribution in [0.25, 0.3) is 0 Å². The molecule has 1 heterocycles. The van der Waals surface area contributed by atoms with E-state index < -0.39 is 23.3 Å². The van der Waals surface area contributed by atoms with Crippen molar-refractivity contribution >= 4 is 17.2 Å². The van der Waals surface area contributed by atoms with Crippen LogP contribution >= 0.6 is 11.3 Å². The molecule has 4 N–H and O–H groups in total. The second-order valence-corrected chi connectivity index (χ2v) is 7.24. The van der Waals surface area contributed by atoms with Crippen LogP contribution in [0.15, 0.2) is 29.6 Å². The number of nitrogens with one attached hydrogen (secondary N) is 1. The van der Waals surface area contributed by atoms with E-state index in [1.807, 2.05) is 0 Å². The third-order valence-electron chi connectivity index (χ3n) is 4.22. The Hall–Kier alpha value is -2.17. The number of nitrogens with two attached hydrogens (primary N) is 1. The lowest BCUT2D eigenvalue weighted by Gasteiger charge is -2.24. The molecule has 3 atom stereocenters. The van der Waals surface area contributed by atoms with Gasteiger partial charge in [-0.3, -0.25) is 4.79 Å². The fraction of sp³-hybridized carbons (Fsp3) is 0.444. The molecular weight excluding hydrogens is 395 g/mol. The Bertz CT molecular complexity index is 780. The lowest BCUT2D eigenvalue weighted by atomic mass is 9.90. The van der Waals surface area contributed by atoms with E-state index in [0.29, 0.717) is 23.5 Å². The lowest BCUT2D eigenvalue weighted by Crippen LogP contribution is -2.36. The molecule has 0 aliphatic heterocycles.